The van der Waals surface area contributed by atoms with Crippen molar-refractivity contribution in [3.05, 3.63) is 121 Å². The second-order valence-corrected chi connectivity index (χ2v) is 23.5. The number of amides is 7. The van der Waals surface area contributed by atoms with Crippen molar-refractivity contribution < 1.29 is 77.0 Å². The molecule has 472 valence electrons. The molecule has 1 saturated heterocycles. The number of hydrogen-bond donors (Lipinski definition) is 9. The van der Waals surface area contributed by atoms with E-state index in [0.29, 0.717) is 51.8 Å². The number of hydrogen-bond acceptors (Lipinski definition) is 17. The molecule has 7 amide bonds. The van der Waals surface area contributed by atoms with Crippen LogP contribution in [-0.2, 0) is 77.7 Å². The molecule has 2 aromatic heterocycles. The predicted molar refractivity (Wildman–Crippen MR) is 315 cm³/mol. The zero-order chi connectivity index (χ0) is 63.9. The number of carbonyl (C=O) groups is 8. The fourth-order valence-electron chi connectivity index (χ4n) is 12.7. The first-order chi connectivity index (χ1) is 42.4. The topological polar surface area (TPSA) is 358 Å². The normalized spacial score (nSPS) is 21.2. The summed E-state index contributed by atoms with van der Waals surface area (Å²) >= 11 is 0. The van der Waals surface area contributed by atoms with Crippen LogP contribution in [0.5, 0.6) is 0 Å². The number of cyclic esters (lactones) is 1. The molecule has 0 bridgehead atoms. The van der Waals surface area contributed by atoms with Gasteiger partial charge in [0.05, 0.1) is 66.6 Å². The van der Waals surface area contributed by atoms with Crippen molar-refractivity contribution in [1.29, 1.82) is 0 Å². The van der Waals surface area contributed by atoms with Gasteiger partial charge >= 0.3 is 12.1 Å². The van der Waals surface area contributed by atoms with Crippen molar-refractivity contribution in [1.82, 2.24) is 41.0 Å². The smallest absolute Gasteiger partial charge is 0.411 e. The van der Waals surface area contributed by atoms with Gasteiger partial charge in [0.15, 0.2) is 11.7 Å². The predicted octanol–water partition coefficient (Wildman–Crippen LogP) is 2.22. The minimum Gasteiger partial charge on any atom is -0.458 e. The lowest BCUT2D eigenvalue weighted by Crippen LogP contribution is -2.56. The molecule has 26 heteroatoms. The summed E-state index contributed by atoms with van der Waals surface area (Å²) in [5, 5.41) is 46.4. The van der Waals surface area contributed by atoms with Crippen LogP contribution in [-0.4, -0.2) is 147 Å². The van der Waals surface area contributed by atoms with Gasteiger partial charge < -0.3 is 76.1 Å². The van der Waals surface area contributed by atoms with Crippen LogP contribution in [0.3, 0.4) is 0 Å². The summed E-state index contributed by atoms with van der Waals surface area (Å²) in [6.07, 6.45) is -8.24. The Morgan fingerprint density at radius 1 is 0.888 bits per heavy atom. The van der Waals surface area contributed by atoms with E-state index in [2.05, 4.69) is 26.6 Å². The van der Waals surface area contributed by atoms with Gasteiger partial charge in [-0.15, -0.1) is 0 Å². The third kappa shape index (κ3) is 12.3. The van der Waals surface area contributed by atoms with Crippen LogP contribution < -0.4 is 37.9 Å². The van der Waals surface area contributed by atoms with Gasteiger partial charge in [-0.05, 0) is 84.0 Å². The molecule has 0 spiro atoms. The van der Waals surface area contributed by atoms with Crippen LogP contribution in [0.4, 0.5) is 9.18 Å². The molecule has 1 fully saturated rings. The van der Waals surface area contributed by atoms with Gasteiger partial charge in [0.2, 0.25) is 29.5 Å². The highest BCUT2D eigenvalue weighted by Gasteiger charge is 2.47. The Labute approximate surface area is 510 Å². The fraction of sp³-hybridized carbons (Fsp3) is 0.460. The van der Waals surface area contributed by atoms with Crippen molar-refractivity contribution >= 4 is 58.4 Å². The quantitative estimate of drug-likeness (QED) is 0.0267. The first-order valence-corrected chi connectivity index (χ1v) is 29.7. The van der Waals surface area contributed by atoms with Crippen molar-refractivity contribution in [3.8, 4) is 22.5 Å². The zero-order valence-electron chi connectivity index (χ0n) is 50.0. The largest absolute Gasteiger partial charge is 0.458 e. The monoisotopic (exact) mass is 1230 g/mol. The van der Waals surface area contributed by atoms with E-state index < -0.39 is 132 Å². The molecule has 0 unspecified atom stereocenters. The average Bonchev–Trinajstić information content (AvgIpc) is 1.65. The number of nitrogens with two attached hydrogens (primary N) is 1. The van der Waals surface area contributed by atoms with E-state index in [0.717, 1.165) is 27.8 Å². The van der Waals surface area contributed by atoms with Crippen LogP contribution in [0.1, 0.15) is 123 Å². The highest BCUT2D eigenvalue weighted by Crippen LogP contribution is 2.48. The van der Waals surface area contributed by atoms with Gasteiger partial charge in [0.25, 0.3) is 11.5 Å². The number of primary amides is 1. The van der Waals surface area contributed by atoms with Crippen LogP contribution >= 0.6 is 0 Å². The first kappa shape index (κ1) is 63.3. The van der Waals surface area contributed by atoms with Crippen LogP contribution in [0.2, 0.25) is 0 Å². The molecule has 5 heterocycles. The molecule has 25 nitrogen and oxygen atoms in total. The van der Waals surface area contributed by atoms with E-state index in [4.69, 9.17) is 29.7 Å². The molecular formula is C63H72FN9O16. The van der Waals surface area contributed by atoms with Gasteiger partial charge in [0.1, 0.15) is 49.6 Å². The number of carbonyl (C=O) groups excluding carboxylic acids is 8. The number of ether oxygens (including phenoxy) is 4. The zero-order valence-corrected chi connectivity index (χ0v) is 50.0. The third-order valence-electron chi connectivity index (χ3n) is 17.5. The van der Waals surface area contributed by atoms with Crippen molar-refractivity contribution in [2.75, 3.05) is 26.9 Å². The summed E-state index contributed by atoms with van der Waals surface area (Å²) in [6, 6.07) is 14.3. The number of halogens is 1. The molecular weight excluding hydrogens is 1160 g/mol. The lowest BCUT2D eigenvalue weighted by Gasteiger charge is -2.31. The summed E-state index contributed by atoms with van der Waals surface area (Å²) in [5.41, 5.74) is 9.90. The standard InChI is InChI=1S/C63H72FN9O16/c1-7-63(85)39-22-43-53-37(26-73(43)60(82)38(39)27-87-61(63)83)51-41(17-16-32-30(4)40(64)23-42(70-53)50(32)51)69-49(76)20-21-86-28-67-57(79)31(5)68-59(81)52(29(2)3)71-58(80)44(18-19-48(75)66-25-46-56(78)55(77)45(88-46)24-47(65)74)89-62(84)72(6)54-35-14-10-8-12-33(35)34-13-9-11-15-36(34)54/h8-15,22-23,29,31,41,44-46,52,54-56,77-78,85H,7,16-21,24-28H2,1-6H3,(H2,65,74)(H,66,75)(H,67,79)(H,68,81)(H,69,76)(H,71,80)/t31-,41-,44-,45-,46+,52-,55-,56+,63-/m0/s1. The van der Waals surface area contributed by atoms with Gasteiger partial charge in [-0.2, -0.15) is 0 Å². The van der Waals surface area contributed by atoms with Gasteiger partial charge in [-0.25, -0.2) is 19.0 Å². The van der Waals surface area contributed by atoms with Crippen LogP contribution in [0, 0.1) is 18.7 Å². The number of fused-ring (bicyclic) bond motifs is 8. The molecule has 10 rings (SSSR count). The summed E-state index contributed by atoms with van der Waals surface area (Å²) in [6.45, 7) is 6.89. The SMILES string of the molecule is CC[C@@]1(O)C(=O)OCc2c1cc1n(c2=O)Cc2c-1nc1cc(F)c(C)c3c1c2[C@@H](NC(=O)CCOCNC(=O)[C@H](C)NC(=O)[C@@H](NC(=O)[C@H](CCC(=O)NC[C@H]1O[C@@H](CC(N)=O)[C@H](O)[C@@H]1O)OC(=O)N(C)C1c2ccccc2-c2ccccc21)C(C)C)CC3. The number of pyridine rings is 2. The van der Waals surface area contributed by atoms with Crippen LogP contribution in [0.25, 0.3) is 33.4 Å². The molecule has 2 aliphatic carbocycles. The van der Waals surface area contributed by atoms with E-state index in [1.165, 1.54) is 29.5 Å². The molecule has 0 radical (unpaired) electrons. The molecule has 3 aromatic carbocycles. The number of aliphatic hydroxyl groups is 3. The van der Waals surface area contributed by atoms with Gasteiger partial charge in [-0.3, -0.25) is 33.6 Å². The Hall–Kier alpha value is -8.69. The summed E-state index contributed by atoms with van der Waals surface area (Å²) in [7, 11) is 1.52. The molecule has 9 atom stereocenters. The Kier molecular flexibility index (Phi) is 18.4. The number of nitrogens with zero attached hydrogens (tertiary/aromatic N) is 3. The van der Waals surface area contributed by atoms with E-state index in [1.54, 1.807) is 33.8 Å². The molecule has 89 heavy (non-hydrogen) atoms. The van der Waals surface area contributed by atoms with E-state index in [9.17, 15) is 58.5 Å². The Morgan fingerprint density at radius 3 is 2.25 bits per heavy atom. The van der Waals surface area contributed by atoms with Crippen LogP contribution in [0.15, 0.2) is 65.5 Å². The van der Waals surface area contributed by atoms with Crippen molar-refractivity contribution in [2.45, 2.75) is 153 Å². The number of aryl methyl sites for hydroxylation is 1. The van der Waals surface area contributed by atoms with Crippen molar-refractivity contribution in [3.63, 3.8) is 0 Å². The van der Waals surface area contributed by atoms with E-state index >= 15 is 4.39 Å². The number of nitrogens with one attached hydrogen (secondary N) is 5. The minimum atomic E-state index is -2.06. The second-order valence-electron chi connectivity index (χ2n) is 23.5. The highest BCUT2D eigenvalue weighted by atomic mass is 19.1. The van der Waals surface area contributed by atoms with Gasteiger partial charge in [-0.1, -0.05) is 69.3 Å². The maximum absolute atomic E-state index is 15.5. The number of esters is 1. The third-order valence-corrected chi connectivity index (χ3v) is 17.5. The second kappa shape index (κ2) is 25.8. The minimum absolute atomic E-state index is 0.0546. The lowest BCUT2D eigenvalue weighted by molar-refractivity contribution is -0.172. The maximum Gasteiger partial charge on any atom is 0.411 e. The Bertz CT molecular complexity index is 3720. The summed E-state index contributed by atoms with van der Waals surface area (Å²) < 4.78 is 39.3. The first-order valence-electron chi connectivity index (χ1n) is 29.7. The Balaban J connectivity index is 0.748. The summed E-state index contributed by atoms with van der Waals surface area (Å²) in [5.74, 6) is -6.14. The number of benzene rings is 3. The summed E-state index contributed by atoms with van der Waals surface area (Å²) in [4.78, 5) is 127. The van der Waals surface area contributed by atoms with E-state index in [-0.39, 0.29) is 69.8 Å². The van der Waals surface area contributed by atoms with E-state index in [1.807, 2.05) is 48.5 Å². The number of aromatic nitrogens is 2. The average molecular weight is 1230 g/mol. The fourth-order valence-corrected chi connectivity index (χ4v) is 12.7. The molecule has 10 N–H and O–H groups in total. The molecule has 0 saturated carbocycles. The molecule has 3 aliphatic heterocycles. The van der Waals surface area contributed by atoms with Crippen molar-refractivity contribution in [2.24, 2.45) is 11.7 Å². The Morgan fingerprint density at radius 2 is 1.57 bits per heavy atom. The lowest BCUT2D eigenvalue weighted by atomic mass is 9.81. The molecule has 5 aliphatic rings. The number of aliphatic hydroxyl groups excluding tert-OH is 2. The highest BCUT2D eigenvalue weighted by molar-refractivity contribution is 5.95. The molecule has 5 aromatic rings. The number of rotatable bonds is 22. The van der Waals surface area contributed by atoms with Gasteiger partial charge in [0, 0.05) is 49.0 Å². The maximum atomic E-state index is 15.5.